The van der Waals surface area contributed by atoms with Gasteiger partial charge in [0.15, 0.2) is 5.96 Å². The van der Waals surface area contributed by atoms with Gasteiger partial charge in [0.25, 0.3) is 0 Å². The number of hydrogen-bond acceptors (Lipinski definition) is 4. The van der Waals surface area contributed by atoms with Crippen LogP contribution in [0.3, 0.4) is 0 Å². The lowest BCUT2D eigenvalue weighted by molar-refractivity contribution is -0.137. The molecule has 28 heavy (non-hydrogen) atoms. The van der Waals surface area contributed by atoms with Crippen LogP contribution in [0.5, 0.6) is 0 Å². The standard InChI is InChI=1S/C21H31N3O4/c1-13-5-6-14-9-15-16(17(25)26)20(27,12-28-3)10-21(13,15)19(14)7-4-8-24(11-19)18(22)23-2/h4,8,13-14,27H,5-7,9-12H2,1-3H3,(H2,22,23)(H,25,26). The number of nitrogens with zero attached hydrogens (tertiary/aromatic N) is 2. The Labute approximate surface area is 165 Å². The van der Waals surface area contributed by atoms with E-state index >= 15 is 0 Å². The minimum absolute atomic E-state index is 0.00542. The number of aliphatic carboxylic acids is 1. The Kier molecular flexibility index (Phi) is 4.39. The number of methoxy groups -OCH3 is 1. The first-order valence-electron chi connectivity index (χ1n) is 10.1. The number of hydrogen-bond donors (Lipinski definition) is 3. The van der Waals surface area contributed by atoms with Gasteiger partial charge in [-0.25, -0.2) is 4.79 Å². The first-order valence-corrected chi connectivity index (χ1v) is 10.1. The van der Waals surface area contributed by atoms with E-state index in [1.54, 1.807) is 7.05 Å². The first-order chi connectivity index (χ1) is 13.3. The predicted octanol–water partition coefficient (Wildman–Crippen LogP) is 1.74. The van der Waals surface area contributed by atoms with Crippen LogP contribution in [0.1, 0.15) is 39.0 Å². The summed E-state index contributed by atoms with van der Waals surface area (Å²) in [6.45, 7) is 2.94. The van der Waals surface area contributed by atoms with Gasteiger partial charge in [0.1, 0.15) is 5.60 Å². The molecule has 0 aromatic carbocycles. The number of aliphatic hydroxyl groups is 1. The van der Waals surface area contributed by atoms with E-state index in [1.165, 1.54) is 7.11 Å². The van der Waals surface area contributed by atoms with E-state index in [2.05, 4.69) is 18.0 Å². The second kappa shape index (κ2) is 6.32. The summed E-state index contributed by atoms with van der Waals surface area (Å²) < 4.78 is 5.29. The van der Waals surface area contributed by atoms with Crippen LogP contribution in [-0.2, 0) is 9.53 Å². The number of carboxylic acid groups (broad SMARTS) is 1. The molecule has 0 radical (unpaired) electrons. The Morgan fingerprint density at radius 3 is 2.86 bits per heavy atom. The molecule has 2 fully saturated rings. The minimum Gasteiger partial charge on any atom is -0.478 e. The Balaban J connectivity index is 1.91. The fourth-order valence-corrected chi connectivity index (χ4v) is 7.17. The van der Waals surface area contributed by atoms with Gasteiger partial charge in [-0.15, -0.1) is 0 Å². The summed E-state index contributed by atoms with van der Waals surface area (Å²) in [4.78, 5) is 18.4. The smallest absolute Gasteiger partial charge is 0.334 e. The van der Waals surface area contributed by atoms with Crippen molar-refractivity contribution in [1.82, 2.24) is 4.90 Å². The maximum atomic E-state index is 12.3. The Morgan fingerprint density at radius 2 is 2.21 bits per heavy atom. The third-order valence-electron chi connectivity index (χ3n) is 8.13. The fraction of sp³-hybridized carbons (Fsp3) is 0.714. The first kappa shape index (κ1) is 19.5. The van der Waals surface area contributed by atoms with Crippen molar-refractivity contribution >= 4 is 11.9 Å². The Morgan fingerprint density at radius 1 is 1.46 bits per heavy atom. The minimum atomic E-state index is -1.45. The van der Waals surface area contributed by atoms with Crippen LogP contribution in [0.15, 0.2) is 28.4 Å². The zero-order chi connectivity index (χ0) is 20.3. The number of nitrogens with two attached hydrogens (primary N) is 1. The molecule has 0 amide bonds. The van der Waals surface area contributed by atoms with E-state index in [0.29, 0.717) is 24.8 Å². The molecule has 0 saturated heterocycles. The van der Waals surface area contributed by atoms with Crippen LogP contribution in [0.25, 0.3) is 0 Å². The summed E-state index contributed by atoms with van der Waals surface area (Å²) in [7, 11) is 3.20. The molecule has 7 nitrogen and oxygen atoms in total. The van der Waals surface area contributed by atoms with E-state index in [0.717, 1.165) is 31.3 Å². The number of carboxylic acids is 1. The second-order valence-electron chi connectivity index (χ2n) is 9.11. The van der Waals surface area contributed by atoms with Crippen molar-refractivity contribution < 1.29 is 19.7 Å². The van der Waals surface area contributed by atoms with E-state index in [-0.39, 0.29) is 28.9 Å². The average Bonchev–Trinajstić information content (AvgIpc) is 2.99. The largest absolute Gasteiger partial charge is 0.478 e. The van der Waals surface area contributed by atoms with Crippen molar-refractivity contribution in [2.45, 2.75) is 44.6 Å². The number of ether oxygens (including phenoxy) is 1. The molecule has 4 N–H and O–H groups in total. The van der Waals surface area contributed by atoms with Gasteiger partial charge in [0.05, 0.1) is 12.2 Å². The van der Waals surface area contributed by atoms with Gasteiger partial charge in [0, 0.05) is 37.7 Å². The molecule has 2 saturated carbocycles. The number of carbonyl (C=O) groups is 1. The highest BCUT2D eigenvalue weighted by atomic mass is 16.5. The molecular weight excluding hydrogens is 358 g/mol. The molecule has 2 spiro atoms. The van der Waals surface area contributed by atoms with E-state index < -0.39 is 11.6 Å². The quantitative estimate of drug-likeness (QED) is 0.501. The monoisotopic (exact) mass is 389 g/mol. The van der Waals surface area contributed by atoms with Gasteiger partial charge >= 0.3 is 5.97 Å². The van der Waals surface area contributed by atoms with Gasteiger partial charge in [-0.3, -0.25) is 4.99 Å². The van der Waals surface area contributed by atoms with Gasteiger partial charge in [-0.05, 0) is 49.5 Å². The normalized spacial score (nSPS) is 42.4. The number of rotatable bonds is 3. The molecule has 1 aliphatic heterocycles. The van der Waals surface area contributed by atoms with Crippen LogP contribution < -0.4 is 5.73 Å². The zero-order valence-corrected chi connectivity index (χ0v) is 16.9. The highest BCUT2D eigenvalue weighted by molar-refractivity contribution is 5.92. The van der Waals surface area contributed by atoms with Gasteiger partial charge in [-0.1, -0.05) is 13.0 Å². The Hall–Kier alpha value is -1.86. The van der Waals surface area contributed by atoms with Crippen LogP contribution in [0, 0.1) is 22.7 Å². The lowest BCUT2D eigenvalue weighted by atomic mass is 9.49. The van der Waals surface area contributed by atoms with Crippen LogP contribution in [0.4, 0.5) is 0 Å². The zero-order valence-electron chi connectivity index (χ0n) is 16.9. The maximum absolute atomic E-state index is 12.3. The topological polar surface area (TPSA) is 108 Å². The fourth-order valence-electron chi connectivity index (χ4n) is 7.17. The van der Waals surface area contributed by atoms with E-state index in [1.807, 2.05) is 11.1 Å². The number of allylic oxidation sites excluding steroid dienone is 2. The summed E-state index contributed by atoms with van der Waals surface area (Å²) in [5.74, 6) is 0.129. The summed E-state index contributed by atoms with van der Waals surface area (Å²) in [6, 6.07) is 0. The lowest BCUT2D eigenvalue weighted by Crippen LogP contribution is -2.58. The molecule has 4 rings (SSSR count). The summed E-state index contributed by atoms with van der Waals surface area (Å²) in [5, 5.41) is 21.5. The van der Waals surface area contributed by atoms with E-state index in [9.17, 15) is 15.0 Å². The summed E-state index contributed by atoms with van der Waals surface area (Å²) >= 11 is 0. The molecule has 0 aromatic rings. The predicted molar refractivity (Wildman–Crippen MR) is 105 cm³/mol. The maximum Gasteiger partial charge on any atom is 0.334 e. The molecule has 0 aromatic heterocycles. The third kappa shape index (κ3) is 2.23. The molecule has 5 unspecified atom stereocenters. The molecule has 5 atom stereocenters. The molecule has 4 aliphatic rings. The second-order valence-corrected chi connectivity index (χ2v) is 9.11. The highest BCUT2D eigenvalue weighted by Gasteiger charge is 2.72. The number of aliphatic imine (C=N–C) groups is 1. The van der Waals surface area contributed by atoms with Crippen molar-refractivity contribution in [2.75, 3.05) is 27.3 Å². The molecule has 2 bridgehead atoms. The lowest BCUT2D eigenvalue weighted by Gasteiger charge is -2.57. The summed E-state index contributed by atoms with van der Waals surface area (Å²) in [6.07, 6.45) is 8.27. The molecule has 1 heterocycles. The molecule has 3 aliphatic carbocycles. The highest BCUT2D eigenvalue weighted by Crippen LogP contribution is 2.76. The summed E-state index contributed by atoms with van der Waals surface area (Å²) in [5.41, 5.74) is 5.33. The van der Waals surface area contributed by atoms with Gasteiger partial charge in [-0.2, -0.15) is 0 Å². The van der Waals surface area contributed by atoms with Crippen molar-refractivity contribution in [3.63, 3.8) is 0 Å². The van der Waals surface area contributed by atoms with Gasteiger partial charge < -0.3 is 25.6 Å². The third-order valence-corrected chi connectivity index (χ3v) is 8.13. The van der Waals surface area contributed by atoms with Gasteiger partial charge in [0.2, 0.25) is 0 Å². The van der Waals surface area contributed by atoms with Crippen LogP contribution >= 0.6 is 0 Å². The Bertz CT molecular complexity index is 791. The van der Waals surface area contributed by atoms with Crippen molar-refractivity contribution in [3.8, 4) is 0 Å². The van der Waals surface area contributed by atoms with Crippen molar-refractivity contribution in [3.05, 3.63) is 23.4 Å². The molecule has 7 heteroatoms. The van der Waals surface area contributed by atoms with E-state index in [4.69, 9.17) is 10.5 Å². The number of guanidine groups is 1. The molecule has 154 valence electrons. The average molecular weight is 389 g/mol. The van der Waals surface area contributed by atoms with Crippen LogP contribution in [0.2, 0.25) is 0 Å². The van der Waals surface area contributed by atoms with Crippen molar-refractivity contribution in [1.29, 1.82) is 0 Å². The van der Waals surface area contributed by atoms with Crippen LogP contribution in [-0.4, -0.2) is 60.0 Å². The van der Waals surface area contributed by atoms with Crippen molar-refractivity contribution in [2.24, 2.45) is 33.4 Å². The molecular formula is C21H31N3O4. The SMILES string of the molecule is CN=C(N)N1C=CCC2(C1)C1CCC(C)C23CC(O)(COC)C(C(=O)O)=C3C1.